The Hall–Kier alpha value is -2.09. The van der Waals surface area contributed by atoms with Crippen molar-refractivity contribution in [3.05, 3.63) is 29.8 Å². The van der Waals surface area contributed by atoms with Gasteiger partial charge in [-0.2, -0.15) is 0 Å². The van der Waals surface area contributed by atoms with E-state index in [1.165, 1.54) is 6.26 Å². The summed E-state index contributed by atoms with van der Waals surface area (Å²) in [5.41, 5.74) is 1.80. The number of benzene rings is 1. The Morgan fingerprint density at radius 1 is 1.30 bits per heavy atom. The molecular formula is C19H30N4O3S. The summed E-state index contributed by atoms with van der Waals surface area (Å²) < 4.78 is 22.8. The van der Waals surface area contributed by atoms with E-state index in [0.717, 1.165) is 11.3 Å². The highest BCUT2D eigenvalue weighted by molar-refractivity contribution is 7.90. The maximum absolute atomic E-state index is 11.9. The maximum Gasteiger partial charge on any atom is 0.225 e. The van der Waals surface area contributed by atoms with Crippen LogP contribution in [0.5, 0.6) is 0 Å². The van der Waals surface area contributed by atoms with E-state index in [1.807, 2.05) is 38.1 Å². The summed E-state index contributed by atoms with van der Waals surface area (Å²) in [4.78, 5) is 16.2. The van der Waals surface area contributed by atoms with Gasteiger partial charge in [0, 0.05) is 44.4 Å². The Morgan fingerprint density at radius 3 is 2.67 bits per heavy atom. The summed E-state index contributed by atoms with van der Waals surface area (Å²) >= 11 is 0. The van der Waals surface area contributed by atoms with Crippen LogP contribution in [-0.2, 0) is 14.6 Å². The summed E-state index contributed by atoms with van der Waals surface area (Å²) in [5.74, 6) is 0.907. The molecule has 27 heavy (non-hydrogen) atoms. The lowest BCUT2D eigenvalue weighted by molar-refractivity contribution is -0.116. The molecule has 7 nitrogen and oxygen atoms in total. The van der Waals surface area contributed by atoms with Crippen molar-refractivity contribution in [2.45, 2.75) is 32.6 Å². The van der Waals surface area contributed by atoms with Crippen LogP contribution >= 0.6 is 0 Å². The zero-order chi connectivity index (χ0) is 20.1. The number of sulfone groups is 1. The number of amides is 1. The first kappa shape index (κ1) is 21.2. The van der Waals surface area contributed by atoms with Gasteiger partial charge >= 0.3 is 0 Å². The highest BCUT2D eigenvalue weighted by atomic mass is 32.2. The standard InChI is InChI=1S/C19H30N4O3S/c1-19(2,9-10-27(4,25)26)13-22-18(20-3)21-12-14-11-17(24)23-16-8-6-5-7-15(14)16/h5-8,14H,9-13H2,1-4H3,(H,23,24)(H2,20,21,22). The molecule has 1 unspecified atom stereocenters. The number of fused-ring (bicyclic) bond motifs is 1. The molecule has 1 heterocycles. The fourth-order valence-electron chi connectivity index (χ4n) is 3.00. The number of guanidine groups is 1. The first-order valence-electron chi connectivity index (χ1n) is 9.11. The van der Waals surface area contributed by atoms with E-state index in [4.69, 9.17) is 0 Å². The molecule has 1 amide bonds. The average Bonchev–Trinajstić information content (AvgIpc) is 2.59. The number of carbonyl (C=O) groups is 1. The fraction of sp³-hybridized carbons (Fsp3) is 0.579. The third-order valence-electron chi connectivity index (χ3n) is 4.73. The van der Waals surface area contributed by atoms with Gasteiger partial charge in [-0.15, -0.1) is 0 Å². The Morgan fingerprint density at radius 2 is 2.00 bits per heavy atom. The molecule has 150 valence electrons. The first-order valence-corrected chi connectivity index (χ1v) is 11.2. The van der Waals surface area contributed by atoms with Gasteiger partial charge in [0.05, 0.1) is 5.75 Å². The molecule has 2 rings (SSSR count). The predicted molar refractivity (Wildman–Crippen MR) is 110 cm³/mol. The number of hydrogen-bond donors (Lipinski definition) is 3. The molecule has 1 aromatic rings. The molecule has 0 saturated carbocycles. The van der Waals surface area contributed by atoms with E-state index in [0.29, 0.717) is 31.9 Å². The van der Waals surface area contributed by atoms with Gasteiger partial charge in [-0.25, -0.2) is 8.42 Å². The Bertz CT molecular complexity index is 803. The summed E-state index contributed by atoms with van der Waals surface area (Å²) in [6.07, 6.45) is 2.27. The van der Waals surface area contributed by atoms with Crippen molar-refractivity contribution < 1.29 is 13.2 Å². The average molecular weight is 395 g/mol. The van der Waals surface area contributed by atoms with Gasteiger partial charge in [-0.1, -0.05) is 32.0 Å². The second kappa shape index (κ2) is 8.73. The summed E-state index contributed by atoms with van der Waals surface area (Å²) in [6, 6.07) is 7.83. The van der Waals surface area contributed by atoms with Crippen LogP contribution < -0.4 is 16.0 Å². The minimum atomic E-state index is -2.97. The minimum Gasteiger partial charge on any atom is -0.356 e. The van der Waals surface area contributed by atoms with E-state index < -0.39 is 9.84 Å². The summed E-state index contributed by atoms with van der Waals surface area (Å²) in [5, 5.41) is 9.45. The van der Waals surface area contributed by atoms with Gasteiger partial charge < -0.3 is 16.0 Å². The number of aliphatic imine (C=N–C) groups is 1. The molecule has 3 N–H and O–H groups in total. The highest BCUT2D eigenvalue weighted by Gasteiger charge is 2.25. The highest BCUT2D eigenvalue weighted by Crippen LogP contribution is 2.31. The number of para-hydroxylation sites is 1. The van der Waals surface area contributed by atoms with Crippen molar-refractivity contribution in [3.8, 4) is 0 Å². The van der Waals surface area contributed by atoms with Crippen LogP contribution in [0, 0.1) is 5.41 Å². The molecule has 0 saturated heterocycles. The number of nitrogens with one attached hydrogen (secondary N) is 3. The van der Waals surface area contributed by atoms with Gasteiger partial charge in [-0.05, 0) is 23.5 Å². The largest absolute Gasteiger partial charge is 0.356 e. The van der Waals surface area contributed by atoms with Crippen LogP contribution in [-0.4, -0.2) is 52.4 Å². The smallest absolute Gasteiger partial charge is 0.225 e. The fourth-order valence-corrected chi connectivity index (χ4v) is 3.92. The first-order chi connectivity index (χ1) is 12.6. The monoisotopic (exact) mass is 394 g/mol. The number of anilines is 1. The third-order valence-corrected chi connectivity index (χ3v) is 5.68. The van der Waals surface area contributed by atoms with E-state index >= 15 is 0 Å². The summed E-state index contributed by atoms with van der Waals surface area (Å²) in [7, 11) is -1.28. The second-order valence-electron chi connectivity index (χ2n) is 7.89. The minimum absolute atomic E-state index is 0.0188. The molecule has 8 heteroatoms. The molecule has 1 aliphatic heterocycles. The van der Waals surface area contributed by atoms with Gasteiger partial charge in [0.2, 0.25) is 5.91 Å². The van der Waals surface area contributed by atoms with Gasteiger partial charge in [0.25, 0.3) is 0 Å². The lowest BCUT2D eigenvalue weighted by Gasteiger charge is -2.28. The van der Waals surface area contributed by atoms with Crippen LogP contribution in [0.2, 0.25) is 0 Å². The zero-order valence-electron chi connectivity index (χ0n) is 16.5. The lowest BCUT2D eigenvalue weighted by atomic mass is 9.90. The van der Waals surface area contributed by atoms with E-state index in [2.05, 4.69) is 20.9 Å². The molecular weight excluding hydrogens is 364 g/mol. The topological polar surface area (TPSA) is 99.7 Å². The van der Waals surface area contributed by atoms with Crippen LogP contribution in [0.25, 0.3) is 0 Å². The van der Waals surface area contributed by atoms with Crippen LogP contribution in [0.15, 0.2) is 29.3 Å². The van der Waals surface area contributed by atoms with Crippen molar-refractivity contribution in [1.82, 2.24) is 10.6 Å². The maximum atomic E-state index is 11.9. The molecule has 0 radical (unpaired) electrons. The number of hydrogen-bond acceptors (Lipinski definition) is 4. The van der Waals surface area contributed by atoms with Crippen LogP contribution in [0.1, 0.15) is 38.2 Å². The Balaban J connectivity index is 1.90. The normalized spacial score (nSPS) is 17.9. The van der Waals surface area contributed by atoms with Crippen molar-refractivity contribution in [2.24, 2.45) is 10.4 Å². The molecule has 0 aromatic heterocycles. The Kier molecular flexibility index (Phi) is 6.86. The van der Waals surface area contributed by atoms with Crippen molar-refractivity contribution in [2.75, 3.05) is 37.5 Å². The van der Waals surface area contributed by atoms with Crippen LogP contribution in [0.3, 0.4) is 0 Å². The molecule has 1 aliphatic rings. The number of carbonyl (C=O) groups excluding carboxylic acids is 1. The molecule has 1 aromatic carbocycles. The molecule has 0 fully saturated rings. The third kappa shape index (κ3) is 6.86. The molecule has 1 atom stereocenters. The zero-order valence-corrected chi connectivity index (χ0v) is 17.3. The molecule has 0 aliphatic carbocycles. The van der Waals surface area contributed by atoms with Gasteiger partial charge in [0.15, 0.2) is 5.96 Å². The number of nitrogens with zero attached hydrogens (tertiary/aromatic N) is 1. The quantitative estimate of drug-likeness (QED) is 0.483. The molecule has 0 spiro atoms. The van der Waals surface area contributed by atoms with E-state index in [9.17, 15) is 13.2 Å². The molecule has 0 bridgehead atoms. The lowest BCUT2D eigenvalue weighted by Crippen LogP contribution is -2.44. The van der Waals surface area contributed by atoms with Crippen molar-refractivity contribution in [3.63, 3.8) is 0 Å². The second-order valence-corrected chi connectivity index (χ2v) is 10.1. The summed E-state index contributed by atoms with van der Waals surface area (Å²) in [6.45, 7) is 5.25. The van der Waals surface area contributed by atoms with E-state index in [-0.39, 0.29) is 23.0 Å². The van der Waals surface area contributed by atoms with Gasteiger partial charge in [-0.3, -0.25) is 9.79 Å². The number of rotatable bonds is 7. The van der Waals surface area contributed by atoms with Gasteiger partial charge in [0.1, 0.15) is 9.84 Å². The predicted octanol–water partition coefficient (Wildman–Crippen LogP) is 1.74. The SMILES string of the molecule is CN=C(NCC1CC(=O)Nc2ccccc21)NCC(C)(C)CCS(C)(=O)=O. The Labute approximate surface area is 162 Å². The van der Waals surface area contributed by atoms with E-state index in [1.54, 1.807) is 7.05 Å². The van der Waals surface area contributed by atoms with Crippen LogP contribution in [0.4, 0.5) is 5.69 Å². The van der Waals surface area contributed by atoms with Crippen molar-refractivity contribution in [1.29, 1.82) is 0 Å². The van der Waals surface area contributed by atoms with Crippen molar-refractivity contribution >= 4 is 27.4 Å².